The number of benzene rings is 2. The number of hydrogen-bond acceptors (Lipinski definition) is 6. The number of nitrogens with zero attached hydrogens (tertiary/aromatic N) is 2. The Morgan fingerprint density at radius 2 is 1.81 bits per heavy atom. The summed E-state index contributed by atoms with van der Waals surface area (Å²) in [5, 5.41) is 13.5. The molecule has 0 radical (unpaired) electrons. The summed E-state index contributed by atoms with van der Waals surface area (Å²) >= 11 is 0. The van der Waals surface area contributed by atoms with Gasteiger partial charge in [-0.1, -0.05) is 19.3 Å². The van der Waals surface area contributed by atoms with E-state index in [1.54, 1.807) is 14.0 Å². The molecule has 0 spiro atoms. The summed E-state index contributed by atoms with van der Waals surface area (Å²) < 4.78 is 32.6. The van der Waals surface area contributed by atoms with Gasteiger partial charge >= 0.3 is 0 Å². The normalized spacial score (nSPS) is 14.8. The average molecular weight is 462 g/mol. The van der Waals surface area contributed by atoms with Gasteiger partial charge in [0.25, 0.3) is 11.6 Å². The number of hydrogen-bond donors (Lipinski definition) is 1. The maximum absolute atomic E-state index is 12.9. The number of anilines is 1. The maximum Gasteiger partial charge on any atom is 0.272 e. The number of nitro benzene ring substituents is 1. The van der Waals surface area contributed by atoms with E-state index >= 15 is 0 Å². The van der Waals surface area contributed by atoms with Gasteiger partial charge in [0.2, 0.25) is 10.0 Å². The molecule has 0 aliphatic heterocycles. The number of carbonyl (C=O) groups excluding carboxylic acids is 1. The van der Waals surface area contributed by atoms with Crippen molar-refractivity contribution in [3.63, 3.8) is 0 Å². The zero-order chi connectivity index (χ0) is 23.3. The Morgan fingerprint density at radius 1 is 1.16 bits per heavy atom. The van der Waals surface area contributed by atoms with E-state index in [4.69, 9.17) is 4.74 Å². The molecule has 10 heteroatoms. The standard InChI is InChI=1S/C22H27N3O6S/c1-16-14-19(10-13-21(16)25(27)28)31-15-22(26)23-17-8-11-20(12-9-17)32(29,30)24(2)18-6-4-3-5-7-18/h8-14,18H,3-7,15H2,1-2H3,(H,23,26). The van der Waals surface area contributed by atoms with Crippen LogP contribution in [0.4, 0.5) is 11.4 Å². The minimum Gasteiger partial charge on any atom is -0.484 e. The predicted molar refractivity (Wildman–Crippen MR) is 120 cm³/mol. The van der Waals surface area contributed by atoms with Gasteiger partial charge < -0.3 is 10.1 Å². The highest BCUT2D eigenvalue weighted by Crippen LogP contribution is 2.27. The van der Waals surface area contributed by atoms with Crippen molar-refractivity contribution in [2.75, 3.05) is 19.0 Å². The third-order valence-electron chi connectivity index (χ3n) is 5.64. The Balaban J connectivity index is 1.57. The second-order valence-corrected chi connectivity index (χ2v) is 9.88. The van der Waals surface area contributed by atoms with Crippen LogP contribution in [0.3, 0.4) is 0 Å². The fraction of sp³-hybridized carbons (Fsp3) is 0.409. The van der Waals surface area contributed by atoms with Crippen molar-refractivity contribution in [2.24, 2.45) is 0 Å². The van der Waals surface area contributed by atoms with Crippen LogP contribution in [0.1, 0.15) is 37.7 Å². The molecule has 0 bridgehead atoms. The highest BCUT2D eigenvalue weighted by Gasteiger charge is 2.28. The molecule has 0 saturated heterocycles. The topological polar surface area (TPSA) is 119 Å². The van der Waals surface area contributed by atoms with Crippen molar-refractivity contribution in [1.82, 2.24) is 4.31 Å². The Kier molecular flexibility index (Phi) is 7.47. The van der Waals surface area contributed by atoms with Gasteiger partial charge in [-0.2, -0.15) is 4.31 Å². The molecule has 0 atom stereocenters. The first-order valence-electron chi connectivity index (χ1n) is 10.4. The summed E-state index contributed by atoms with van der Waals surface area (Å²) in [6.45, 7) is 1.30. The van der Waals surface area contributed by atoms with Gasteiger partial charge in [0.05, 0.1) is 9.82 Å². The molecule has 1 fully saturated rings. The molecule has 1 N–H and O–H groups in total. The molecule has 3 rings (SSSR count). The van der Waals surface area contributed by atoms with Crippen molar-refractivity contribution < 1.29 is 22.9 Å². The van der Waals surface area contributed by atoms with Crippen LogP contribution in [0.2, 0.25) is 0 Å². The van der Waals surface area contributed by atoms with E-state index in [2.05, 4.69) is 5.32 Å². The van der Waals surface area contributed by atoms with Crippen molar-refractivity contribution in [3.8, 4) is 5.75 Å². The first-order chi connectivity index (χ1) is 15.2. The molecule has 2 aromatic carbocycles. The molecule has 0 unspecified atom stereocenters. The largest absolute Gasteiger partial charge is 0.484 e. The van der Waals surface area contributed by atoms with Gasteiger partial charge in [-0.05, 0) is 56.2 Å². The van der Waals surface area contributed by atoms with Crippen LogP contribution in [0.25, 0.3) is 0 Å². The Morgan fingerprint density at radius 3 is 2.41 bits per heavy atom. The summed E-state index contributed by atoms with van der Waals surface area (Å²) in [6.07, 6.45) is 4.97. The summed E-state index contributed by atoms with van der Waals surface area (Å²) in [5.41, 5.74) is 0.853. The number of rotatable bonds is 8. The molecule has 0 heterocycles. The lowest BCUT2D eigenvalue weighted by molar-refractivity contribution is -0.385. The van der Waals surface area contributed by atoms with Gasteiger partial charge in [0, 0.05) is 30.4 Å². The van der Waals surface area contributed by atoms with E-state index in [0.717, 1.165) is 32.1 Å². The molecule has 1 saturated carbocycles. The molecule has 0 aromatic heterocycles. The molecule has 2 aromatic rings. The Bertz CT molecular complexity index is 1080. The van der Waals surface area contributed by atoms with Gasteiger partial charge in [0.15, 0.2) is 6.61 Å². The van der Waals surface area contributed by atoms with Crippen LogP contribution >= 0.6 is 0 Å². The number of nitro groups is 1. The fourth-order valence-electron chi connectivity index (χ4n) is 3.79. The summed E-state index contributed by atoms with van der Waals surface area (Å²) in [4.78, 5) is 22.7. The van der Waals surface area contributed by atoms with E-state index in [1.165, 1.54) is 46.8 Å². The van der Waals surface area contributed by atoms with E-state index in [1.807, 2.05) is 0 Å². The molecular formula is C22H27N3O6S. The number of aryl methyl sites for hydroxylation is 1. The second kappa shape index (κ2) is 10.1. The second-order valence-electron chi connectivity index (χ2n) is 7.88. The quantitative estimate of drug-likeness (QED) is 0.471. The molecule has 9 nitrogen and oxygen atoms in total. The number of carbonyl (C=O) groups is 1. The summed E-state index contributed by atoms with van der Waals surface area (Å²) in [7, 11) is -1.97. The zero-order valence-electron chi connectivity index (χ0n) is 18.1. The first kappa shape index (κ1) is 23.7. The van der Waals surface area contributed by atoms with E-state index in [9.17, 15) is 23.3 Å². The lowest BCUT2D eigenvalue weighted by atomic mass is 9.96. The van der Waals surface area contributed by atoms with Crippen LogP contribution in [-0.2, 0) is 14.8 Å². The molecular weight excluding hydrogens is 434 g/mol. The third kappa shape index (κ3) is 5.63. The maximum atomic E-state index is 12.9. The number of ether oxygens (including phenoxy) is 1. The molecule has 32 heavy (non-hydrogen) atoms. The molecule has 1 aliphatic carbocycles. The van der Waals surface area contributed by atoms with E-state index in [0.29, 0.717) is 17.0 Å². The van der Waals surface area contributed by atoms with Crippen LogP contribution in [0.5, 0.6) is 5.75 Å². The summed E-state index contributed by atoms with van der Waals surface area (Å²) in [6, 6.07) is 10.3. The smallest absolute Gasteiger partial charge is 0.272 e. The average Bonchev–Trinajstić information content (AvgIpc) is 2.78. The fourth-order valence-corrected chi connectivity index (χ4v) is 5.20. The van der Waals surface area contributed by atoms with Gasteiger partial charge in [-0.15, -0.1) is 0 Å². The van der Waals surface area contributed by atoms with Crippen molar-refractivity contribution in [1.29, 1.82) is 0 Å². The van der Waals surface area contributed by atoms with Crippen LogP contribution < -0.4 is 10.1 Å². The number of amides is 1. The first-order valence-corrected chi connectivity index (χ1v) is 11.9. The Hall–Kier alpha value is -2.98. The van der Waals surface area contributed by atoms with Crippen LogP contribution in [0.15, 0.2) is 47.4 Å². The van der Waals surface area contributed by atoms with Crippen LogP contribution in [-0.4, -0.2) is 43.2 Å². The van der Waals surface area contributed by atoms with E-state index < -0.39 is 20.9 Å². The van der Waals surface area contributed by atoms with E-state index in [-0.39, 0.29) is 23.2 Å². The van der Waals surface area contributed by atoms with Crippen molar-refractivity contribution in [2.45, 2.75) is 50.0 Å². The monoisotopic (exact) mass is 461 g/mol. The zero-order valence-corrected chi connectivity index (χ0v) is 18.9. The lowest BCUT2D eigenvalue weighted by Gasteiger charge is -2.30. The molecule has 172 valence electrons. The SMILES string of the molecule is Cc1cc(OCC(=O)Nc2ccc(S(=O)(=O)N(C)C3CCCCC3)cc2)ccc1[N+](=O)[O-]. The highest BCUT2D eigenvalue weighted by molar-refractivity contribution is 7.89. The predicted octanol–water partition coefficient (Wildman–Crippen LogP) is 3.87. The minimum absolute atomic E-state index is 0.0216. The molecule has 1 aliphatic rings. The third-order valence-corrected chi connectivity index (χ3v) is 7.56. The highest BCUT2D eigenvalue weighted by atomic mass is 32.2. The molecule has 1 amide bonds. The Labute approximate surface area is 187 Å². The minimum atomic E-state index is -3.60. The van der Waals surface area contributed by atoms with Crippen molar-refractivity contribution >= 4 is 27.3 Å². The number of nitrogens with one attached hydrogen (secondary N) is 1. The van der Waals surface area contributed by atoms with Crippen LogP contribution in [0, 0.1) is 17.0 Å². The van der Waals surface area contributed by atoms with Gasteiger partial charge in [-0.3, -0.25) is 14.9 Å². The van der Waals surface area contributed by atoms with Crippen molar-refractivity contribution in [3.05, 3.63) is 58.1 Å². The van der Waals surface area contributed by atoms with Gasteiger partial charge in [-0.25, -0.2) is 8.42 Å². The number of sulfonamides is 1. The summed E-state index contributed by atoms with van der Waals surface area (Å²) in [5.74, 6) is -0.0913. The van der Waals surface area contributed by atoms with Gasteiger partial charge in [0.1, 0.15) is 5.75 Å². The lowest BCUT2D eigenvalue weighted by Crippen LogP contribution is -2.38.